The minimum Gasteiger partial charge on any atom is -0.237 e. The second-order valence-electron chi connectivity index (χ2n) is 4.11. The minimum atomic E-state index is 0.694. The third kappa shape index (κ3) is 2.17. The number of aliphatic imine (C=N–C) groups is 1. The number of thiocarbonyl (C=S) groups is 1. The number of aromatic nitrogens is 3. The lowest BCUT2D eigenvalue weighted by Gasteiger charge is -2.04. The molecule has 0 saturated carbocycles. The van der Waals surface area contributed by atoms with Crippen LogP contribution in [0, 0.1) is 6.92 Å². The van der Waals surface area contributed by atoms with Crippen LogP contribution in [0.2, 0.25) is 0 Å². The van der Waals surface area contributed by atoms with Crippen molar-refractivity contribution < 1.29 is 0 Å². The first-order valence-electron chi connectivity index (χ1n) is 5.78. The van der Waals surface area contributed by atoms with Crippen LogP contribution in [0.4, 0.5) is 5.69 Å². The van der Waals surface area contributed by atoms with E-state index in [9.17, 15) is 0 Å². The van der Waals surface area contributed by atoms with Gasteiger partial charge in [-0.05, 0) is 55.5 Å². The summed E-state index contributed by atoms with van der Waals surface area (Å²) in [4.78, 5) is 8.44. The molecule has 0 atom stereocenters. The maximum absolute atomic E-state index is 4.58. The van der Waals surface area contributed by atoms with Crippen LogP contribution in [-0.2, 0) is 0 Å². The Balaban J connectivity index is 2.10. The summed E-state index contributed by atoms with van der Waals surface area (Å²) >= 11 is 4.58. The van der Waals surface area contributed by atoms with Crippen molar-refractivity contribution >= 4 is 28.6 Å². The number of aryl methyl sites for hydroxylation is 1. The Morgan fingerprint density at radius 3 is 2.74 bits per heavy atom. The summed E-state index contributed by atoms with van der Waals surface area (Å²) in [5, 5.41) is 6.83. The summed E-state index contributed by atoms with van der Waals surface area (Å²) in [6, 6.07) is 11.5. The fourth-order valence-corrected chi connectivity index (χ4v) is 2.05. The number of hydrogen-bond acceptors (Lipinski definition) is 4. The molecule has 3 rings (SSSR count). The van der Waals surface area contributed by atoms with Crippen molar-refractivity contribution in [2.24, 2.45) is 4.99 Å². The Labute approximate surface area is 115 Å². The van der Waals surface area contributed by atoms with Crippen LogP contribution in [0.25, 0.3) is 16.9 Å². The number of benzene rings is 1. The fourth-order valence-electron chi connectivity index (χ4n) is 1.95. The quantitative estimate of drug-likeness (QED) is 0.527. The zero-order valence-corrected chi connectivity index (χ0v) is 11.1. The summed E-state index contributed by atoms with van der Waals surface area (Å²) in [5.41, 5.74) is 3.70. The zero-order chi connectivity index (χ0) is 13.2. The molecule has 0 aliphatic carbocycles. The first kappa shape index (κ1) is 11.7. The standard InChI is InChI=1S/C14H10N4S/c1-10-13-3-2-8-18(13)17-14(16-10)11-4-6-12(7-5-11)15-9-19/h2-8H,1H3. The highest BCUT2D eigenvalue weighted by Gasteiger charge is 2.06. The van der Waals surface area contributed by atoms with Crippen molar-refractivity contribution in [1.82, 2.24) is 14.6 Å². The molecule has 0 spiro atoms. The molecule has 0 fully saturated rings. The number of isothiocyanates is 1. The molecule has 3 aromatic rings. The van der Waals surface area contributed by atoms with E-state index in [1.54, 1.807) is 0 Å². The predicted octanol–water partition coefficient (Wildman–Crippen LogP) is 3.44. The van der Waals surface area contributed by atoms with Gasteiger partial charge < -0.3 is 0 Å². The highest BCUT2D eigenvalue weighted by molar-refractivity contribution is 7.78. The van der Waals surface area contributed by atoms with Gasteiger partial charge in [0.2, 0.25) is 0 Å². The lowest BCUT2D eigenvalue weighted by molar-refractivity contribution is 0.897. The summed E-state index contributed by atoms with van der Waals surface area (Å²) in [7, 11) is 0. The van der Waals surface area contributed by atoms with E-state index in [1.807, 2.05) is 54.0 Å². The lowest BCUT2D eigenvalue weighted by atomic mass is 10.2. The molecule has 1 aromatic carbocycles. The van der Waals surface area contributed by atoms with Crippen LogP contribution in [-0.4, -0.2) is 19.8 Å². The first-order valence-corrected chi connectivity index (χ1v) is 6.19. The number of hydrogen-bond donors (Lipinski definition) is 0. The number of rotatable bonds is 2. The van der Waals surface area contributed by atoms with E-state index >= 15 is 0 Å². The van der Waals surface area contributed by atoms with Crippen molar-refractivity contribution in [2.45, 2.75) is 6.92 Å². The Morgan fingerprint density at radius 2 is 2.00 bits per heavy atom. The van der Waals surface area contributed by atoms with E-state index in [-0.39, 0.29) is 0 Å². The van der Waals surface area contributed by atoms with E-state index in [0.717, 1.165) is 22.5 Å². The maximum atomic E-state index is 4.58. The molecule has 2 aromatic heterocycles. The third-order valence-corrected chi connectivity index (χ3v) is 2.97. The molecular weight excluding hydrogens is 256 g/mol. The SMILES string of the molecule is Cc1nc(-c2ccc(N=C=S)cc2)nn2cccc12. The van der Waals surface area contributed by atoms with Gasteiger partial charge in [0, 0.05) is 11.8 Å². The van der Waals surface area contributed by atoms with E-state index in [0.29, 0.717) is 5.82 Å². The second kappa shape index (κ2) is 4.72. The Morgan fingerprint density at radius 1 is 1.21 bits per heavy atom. The number of fused-ring (bicyclic) bond motifs is 1. The molecule has 19 heavy (non-hydrogen) atoms. The van der Waals surface area contributed by atoms with Crippen LogP contribution >= 0.6 is 12.2 Å². The Kier molecular flexibility index (Phi) is 2.91. The second-order valence-corrected chi connectivity index (χ2v) is 4.29. The largest absolute Gasteiger partial charge is 0.237 e. The normalized spacial score (nSPS) is 10.4. The van der Waals surface area contributed by atoms with Gasteiger partial charge in [-0.1, -0.05) is 0 Å². The van der Waals surface area contributed by atoms with Crippen LogP contribution < -0.4 is 0 Å². The fraction of sp³-hybridized carbons (Fsp3) is 0.0714. The average molecular weight is 266 g/mol. The van der Waals surface area contributed by atoms with Gasteiger partial charge in [0.1, 0.15) is 0 Å². The zero-order valence-electron chi connectivity index (χ0n) is 10.2. The van der Waals surface area contributed by atoms with Crippen molar-refractivity contribution in [2.75, 3.05) is 0 Å². The van der Waals surface area contributed by atoms with Gasteiger partial charge in [0.25, 0.3) is 0 Å². The molecule has 0 saturated heterocycles. The highest BCUT2D eigenvalue weighted by Crippen LogP contribution is 2.20. The molecule has 4 nitrogen and oxygen atoms in total. The van der Waals surface area contributed by atoms with Crippen molar-refractivity contribution in [1.29, 1.82) is 0 Å². The van der Waals surface area contributed by atoms with Crippen molar-refractivity contribution in [3.8, 4) is 11.4 Å². The molecule has 0 radical (unpaired) electrons. The minimum absolute atomic E-state index is 0.694. The molecule has 5 heteroatoms. The van der Waals surface area contributed by atoms with Crippen molar-refractivity contribution in [3.05, 3.63) is 48.3 Å². The van der Waals surface area contributed by atoms with Gasteiger partial charge in [0.15, 0.2) is 5.82 Å². The molecule has 0 amide bonds. The summed E-state index contributed by atoms with van der Waals surface area (Å²) in [6.07, 6.45) is 1.92. The van der Waals surface area contributed by atoms with Crippen LogP contribution in [0.15, 0.2) is 47.6 Å². The summed E-state index contributed by atoms with van der Waals surface area (Å²) in [6.45, 7) is 1.98. The molecule has 0 aliphatic rings. The smallest absolute Gasteiger partial charge is 0.180 e. The van der Waals surface area contributed by atoms with Crippen LogP contribution in [0.3, 0.4) is 0 Å². The molecule has 92 valence electrons. The van der Waals surface area contributed by atoms with E-state index < -0.39 is 0 Å². The molecule has 0 bridgehead atoms. The summed E-state index contributed by atoms with van der Waals surface area (Å²) < 4.78 is 1.83. The first-order chi connectivity index (χ1) is 9.28. The Hall–Kier alpha value is -2.36. The monoisotopic (exact) mass is 266 g/mol. The van der Waals surface area contributed by atoms with Crippen LogP contribution in [0.1, 0.15) is 5.69 Å². The van der Waals surface area contributed by atoms with Crippen LogP contribution in [0.5, 0.6) is 0 Å². The molecule has 0 N–H and O–H groups in total. The van der Waals surface area contributed by atoms with Gasteiger partial charge in [0.05, 0.1) is 22.1 Å². The number of nitrogens with zero attached hydrogens (tertiary/aromatic N) is 4. The van der Waals surface area contributed by atoms with Gasteiger partial charge in [-0.15, -0.1) is 5.10 Å². The summed E-state index contributed by atoms with van der Waals surface area (Å²) in [5.74, 6) is 0.694. The molecule has 0 aliphatic heterocycles. The van der Waals surface area contributed by atoms with E-state index in [2.05, 4.69) is 32.5 Å². The average Bonchev–Trinajstić information content (AvgIpc) is 2.89. The lowest BCUT2D eigenvalue weighted by Crippen LogP contribution is -1.99. The topological polar surface area (TPSA) is 42.5 Å². The van der Waals surface area contributed by atoms with Gasteiger partial charge in [-0.2, -0.15) is 4.99 Å². The predicted molar refractivity (Wildman–Crippen MR) is 77.8 cm³/mol. The van der Waals surface area contributed by atoms with Crippen molar-refractivity contribution in [3.63, 3.8) is 0 Å². The third-order valence-electron chi connectivity index (χ3n) is 2.88. The molecular formula is C14H10N4S. The maximum Gasteiger partial charge on any atom is 0.180 e. The van der Waals surface area contributed by atoms with E-state index in [4.69, 9.17) is 0 Å². The molecule has 2 heterocycles. The van der Waals surface area contributed by atoms with E-state index in [1.165, 1.54) is 0 Å². The molecule has 0 unspecified atom stereocenters. The van der Waals surface area contributed by atoms with Gasteiger partial charge in [-0.3, -0.25) is 0 Å². The Bertz CT molecular complexity index is 783. The highest BCUT2D eigenvalue weighted by atomic mass is 32.1. The van der Waals surface area contributed by atoms with Gasteiger partial charge in [-0.25, -0.2) is 9.50 Å². The van der Waals surface area contributed by atoms with Gasteiger partial charge >= 0.3 is 0 Å².